The number of nitrogens with two attached hydrogens (primary N) is 1. The fourth-order valence-corrected chi connectivity index (χ4v) is 2.60. The monoisotopic (exact) mass is 289 g/mol. The fraction of sp³-hybridized carbons (Fsp3) is 0.588. The summed E-state index contributed by atoms with van der Waals surface area (Å²) in [4.78, 5) is 14.2. The molecule has 1 aliphatic carbocycles. The van der Waals surface area contributed by atoms with Gasteiger partial charge in [-0.05, 0) is 56.0 Å². The minimum Gasteiger partial charge on any atom is -0.326 e. The van der Waals surface area contributed by atoms with E-state index in [1.165, 1.54) is 13.0 Å². The first-order chi connectivity index (χ1) is 10.1. The summed E-state index contributed by atoms with van der Waals surface area (Å²) >= 11 is 0. The maximum atomic E-state index is 11.9. The zero-order valence-corrected chi connectivity index (χ0v) is 13.1. The number of benzene rings is 1. The van der Waals surface area contributed by atoms with Crippen molar-refractivity contribution >= 4 is 11.6 Å². The molecule has 0 radical (unpaired) electrons. The van der Waals surface area contributed by atoms with Crippen molar-refractivity contribution < 1.29 is 4.79 Å². The van der Waals surface area contributed by atoms with Crippen molar-refractivity contribution in [2.24, 2.45) is 17.6 Å². The highest BCUT2D eigenvalue weighted by Gasteiger charge is 2.32. The summed E-state index contributed by atoms with van der Waals surface area (Å²) < 4.78 is 0. The third-order valence-corrected chi connectivity index (χ3v) is 4.24. The summed E-state index contributed by atoms with van der Waals surface area (Å²) in [5.41, 5.74) is 7.47. The summed E-state index contributed by atoms with van der Waals surface area (Å²) in [5.74, 6) is 1.86. The first kappa shape index (κ1) is 16.0. The summed E-state index contributed by atoms with van der Waals surface area (Å²) in [7, 11) is 2.15. The van der Waals surface area contributed by atoms with Crippen molar-refractivity contribution in [3.05, 3.63) is 29.8 Å². The highest BCUT2D eigenvalue weighted by molar-refractivity contribution is 5.90. The Hall–Kier alpha value is -1.39. The molecule has 2 atom stereocenters. The molecule has 1 aromatic rings. The largest absolute Gasteiger partial charge is 0.326 e. The van der Waals surface area contributed by atoms with E-state index < -0.39 is 0 Å². The van der Waals surface area contributed by atoms with Crippen LogP contribution in [0.2, 0.25) is 0 Å². The molecule has 1 aliphatic rings. The molecule has 116 valence electrons. The number of hydrogen-bond acceptors (Lipinski definition) is 3. The normalized spacial score (nSPS) is 20.6. The number of anilines is 1. The predicted octanol–water partition coefficient (Wildman–Crippen LogP) is 2.45. The van der Waals surface area contributed by atoms with Gasteiger partial charge in [-0.1, -0.05) is 19.1 Å². The van der Waals surface area contributed by atoms with Crippen molar-refractivity contribution in [3.63, 3.8) is 0 Å². The van der Waals surface area contributed by atoms with Gasteiger partial charge in [-0.3, -0.25) is 4.79 Å². The van der Waals surface area contributed by atoms with Gasteiger partial charge in [-0.2, -0.15) is 0 Å². The van der Waals surface area contributed by atoms with Crippen LogP contribution < -0.4 is 11.1 Å². The summed E-state index contributed by atoms with van der Waals surface area (Å²) in [6, 6.07) is 7.70. The van der Waals surface area contributed by atoms with Gasteiger partial charge in [-0.25, -0.2) is 0 Å². The standard InChI is InChI=1S/C17H27N3O/c1-13-10-15(13)12-20(2)9-3-4-17(21)19-16-7-5-14(11-18)6-8-16/h5-8,13,15H,3-4,9-12,18H2,1-2H3,(H,19,21). The molecular formula is C17H27N3O. The van der Waals surface area contributed by atoms with E-state index in [4.69, 9.17) is 5.73 Å². The Bertz CT molecular complexity index is 458. The summed E-state index contributed by atoms with van der Waals surface area (Å²) in [6.07, 6.45) is 2.84. The Kier molecular flexibility index (Phi) is 5.76. The Morgan fingerprint density at radius 3 is 2.62 bits per heavy atom. The molecule has 3 N–H and O–H groups in total. The third-order valence-electron chi connectivity index (χ3n) is 4.24. The van der Waals surface area contributed by atoms with Crippen molar-refractivity contribution in [2.75, 3.05) is 25.5 Å². The van der Waals surface area contributed by atoms with Gasteiger partial charge >= 0.3 is 0 Å². The number of carbonyl (C=O) groups excluding carboxylic acids is 1. The van der Waals surface area contributed by atoms with E-state index in [9.17, 15) is 4.79 Å². The molecule has 0 spiro atoms. The van der Waals surface area contributed by atoms with Crippen LogP contribution in [0.5, 0.6) is 0 Å². The van der Waals surface area contributed by atoms with Gasteiger partial charge < -0.3 is 16.0 Å². The van der Waals surface area contributed by atoms with Crippen LogP contribution in [0.1, 0.15) is 31.7 Å². The average Bonchev–Trinajstić information content (AvgIpc) is 3.14. The van der Waals surface area contributed by atoms with E-state index in [0.717, 1.165) is 36.1 Å². The van der Waals surface area contributed by atoms with E-state index >= 15 is 0 Å². The lowest BCUT2D eigenvalue weighted by atomic mass is 10.2. The molecular weight excluding hydrogens is 262 g/mol. The highest BCUT2D eigenvalue weighted by atomic mass is 16.1. The molecule has 0 saturated heterocycles. The van der Waals surface area contributed by atoms with Crippen LogP contribution in [-0.4, -0.2) is 30.9 Å². The van der Waals surface area contributed by atoms with E-state index in [-0.39, 0.29) is 5.91 Å². The topological polar surface area (TPSA) is 58.4 Å². The fourth-order valence-electron chi connectivity index (χ4n) is 2.60. The lowest BCUT2D eigenvalue weighted by Crippen LogP contribution is -2.24. The Morgan fingerprint density at radius 2 is 2.05 bits per heavy atom. The second kappa shape index (κ2) is 7.57. The number of rotatable bonds is 8. The number of nitrogens with zero attached hydrogens (tertiary/aromatic N) is 1. The van der Waals surface area contributed by atoms with Gasteiger partial charge in [0.15, 0.2) is 0 Å². The molecule has 1 saturated carbocycles. The molecule has 4 nitrogen and oxygen atoms in total. The second-order valence-electron chi connectivity index (χ2n) is 6.29. The van der Waals surface area contributed by atoms with Crippen LogP contribution in [0.3, 0.4) is 0 Å². The zero-order chi connectivity index (χ0) is 15.2. The number of nitrogens with one attached hydrogen (secondary N) is 1. The minimum absolute atomic E-state index is 0.0867. The van der Waals surface area contributed by atoms with Gasteiger partial charge in [0.1, 0.15) is 0 Å². The molecule has 2 unspecified atom stereocenters. The van der Waals surface area contributed by atoms with E-state index in [2.05, 4.69) is 24.2 Å². The van der Waals surface area contributed by atoms with Gasteiger partial charge in [-0.15, -0.1) is 0 Å². The predicted molar refractivity (Wildman–Crippen MR) is 87.0 cm³/mol. The molecule has 4 heteroatoms. The third kappa shape index (κ3) is 5.48. The van der Waals surface area contributed by atoms with Crippen molar-refractivity contribution in [1.29, 1.82) is 0 Å². The number of carbonyl (C=O) groups is 1. The lowest BCUT2D eigenvalue weighted by molar-refractivity contribution is -0.116. The smallest absolute Gasteiger partial charge is 0.224 e. The van der Waals surface area contributed by atoms with Crippen LogP contribution in [0.15, 0.2) is 24.3 Å². The molecule has 1 aromatic carbocycles. The molecule has 0 aliphatic heterocycles. The molecule has 0 heterocycles. The maximum Gasteiger partial charge on any atom is 0.224 e. The van der Waals surface area contributed by atoms with Crippen molar-refractivity contribution in [3.8, 4) is 0 Å². The lowest BCUT2D eigenvalue weighted by Gasteiger charge is -2.16. The van der Waals surface area contributed by atoms with Crippen LogP contribution in [0.25, 0.3) is 0 Å². The first-order valence-corrected chi connectivity index (χ1v) is 7.86. The Labute approximate surface area is 127 Å². The zero-order valence-electron chi connectivity index (χ0n) is 13.1. The van der Waals surface area contributed by atoms with Gasteiger partial charge in [0, 0.05) is 25.2 Å². The van der Waals surface area contributed by atoms with Crippen LogP contribution >= 0.6 is 0 Å². The molecule has 1 amide bonds. The summed E-state index contributed by atoms with van der Waals surface area (Å²) in [6.45, 7) is 4.99. The number of amides is 1. The highest BCUT2D eigenvalue weighted by Crippen LogP contribution is 2.37. The van der Waals surface area contributed by atoms with Crippen LogP contribution in [0.4, 0.5) is 5.69 Å². The Morgan fingerprint density at radius 1 is 1.38 bits per heavy atom. The maximum absolute atomic E-state index is 11.9. The first-order valence-electron chi connectivity index (χ1n) is 7.86. The second-order valence-corrected chi connectivity index (χ2v) is 6.29. The average molecular weight is 289 g/mol. The molecule has 1 fully saturated rings. The Balaban J connectivity index is 1.62. The molecule has 21 heavy (non-hydrogen) atoms. The van der Waals surface area contributed by atoms with Gasteiger partial charge in [0.05, 0.1) is 0 Å². The van der Waals surface area contributed by atoms with Crippen molar-refractivity contribution in [1.82, 2.24) is 4.90 Å². The van der Waals surface area contributed by atoms with E-state index in [1.54, 1.807) is 0 Å². The molecule has 0 bridgehead atoms. The SMILES string of the molecule is CC1CC1CN(C)CCCC(=O)Nc1ccc(CN)cc1. The van der Waals surface area contributed by atoms with Gasteiger partial charge in [0.25, 0.3) is 0 Å². The van der Waals surface area contributed by atoms with E-state index in [1.807, 2.05) is 24.3 Å². The molecule has 2 rings (SSSR count). The quantitative estimate of drug-likeness (QED) is 0.773. The minimum atomic E-state index is 0.0867. The van der Waals surface area contributed by atoms with Crippen LogP contribution in [0, 0.1) is 11.8 Å². The van der Waals surface area contributed by atoms with Crippen molar-refractivity contribution in [2.45, 2.75) is 32.7 Å². The van der Waals surface area contributed by atoms with E-state index in [0.29, 0.717) is 13.0 Å². The molecule has 0 aromatic heterocycles. The number of hydrogen-bond donors (Lipinski definition) is 2. The van der Waals surface area contributed by atoms with Crippen LogP contribution in [-0.2, 0) is 11.3 Å². The summed E-state index contributed by atoms with van der Waals surface area (Å²) in [5, 5.41) is 2.93. The van der Waals surface area contributed by atoms with Gasteiger partial charge in [0.2, 0.25) is 5.91 Å².